The van der Waals surface area contributed by atoms with Crippen molar-refractivity contribution in [3.05, 3.63) is 48.7 Å². The average Bonchev–Trinajstić information content (AvgIpc) is 3.16. The van der Waals surface area contributed by atoms with E-state index in [0.717, 1.165) is 0 Å². The molecule has 0 radical (unpaired) electrons. The largest absolute Gasteiger partial charge is 0.495 e. The second-order valence-corrected chi connectivity index (χ2v) is 5.17. The molecule has 0 atom stereocenters. The quantitative estimate of drug-likeness (QED) is 0.708. The lowest BCUT2D eigenvalue weighted by Crippen LogP contribution is -2.16. The van der Waals surface area contributed by atoms with E-state index >= 15 is 0 Å². The lowest BCUT2D eigenvalue weighted by atomic mass is 10.2. The number of ether oxygens (including phenoxy) is 1. The molecule has 0 unspecified atom stereocenters. The first-order chi connectivity index (χ1) is 12.6. The summed E-state index contributed by atoms with van der Waals surface area (Å²) in [5.74, 6) is 0.187. The summed E-state index contributed by atoms with van der Waals surface area (Å²) >= 11 is 0. The first kappa shape index (κ1) is 17.0. The fraction of sp³-hybridized carbons (Fsp3) is 0.125. The highest BCUT2D eigenvalue weighted by Gasteiger charge is 2.13. The first-order valence-electron chi connectivity index (χ1n) is 7.52. The van der Waals surface area contributed by atoms with E-state index in [-0.39, 0.29) is 11.6 Å². The van der Waals surface area contributed by atoms with Crippen molar-refractivity contribution in [3.63, 3.8) is 0 Å². The van der Waals surface area contributed by atoms with Crippen LogP contribution in [-0.4, -0.2) is 43.9 Å². The van der Waals surface area contributed by atoms with E-state index in [1.807, 2.05) is 0 Å². The Kier molecular flexibility index (Phi) is 4.83. The lowest BCUT2D eigenvalue weighted by Gasteiger charge is -2.12. The van der Waals surface area contributed by atoms with Gasteiger partial charge in [0.25, 0.3) is 5.91 Å². The summed E-state index contributed by atoms with van der Waals surface area (Å²) in [5, 5.41) is 17.1. The third-order valence-electron chi connectivity index (χ3n) is 3.30. The Hall–Kier alpha value is -3.82. The molecule has 3 aromatic rings. The van der Waals surface area contributed by atoms with Crippen LogP contribution in [0, 0.1) is 0 Å². The smallest absolute Gasteiger partial charge is 0.276 e. The molecule has 2 N–H and O–H groups in total. The average molecular weight is 353 g/mol. The highest BCUT2D eigenvalue weighted by Crippen LogP contribution is 2.28. The zero-order chi connectivity index (χ0) is 18.5. The van der Waals surface area contributed by atoms with Gasteiger partial charge in [-0.2, -0.15) is 5.10 Å². The Morgan fingerprint density at radius 1 is 1.12 bits per heavy atom. The molecule has 0 aliphatic heterocycles. The molecular weight excluding hydrogens is 338 g/mol. The van der Waals surface area contributed by atoms with Crippen molar-refractivity contribution in [2.24, 2.45) is 0 Å². The van der Waals surface area contributed by atoms with Gasteiger partial charge in [0, 0.05) is 12.6 Å². The number of anilines is 2. The third kappa shape index (κ3) is 3.80. The van der Waals surface area contributed by atoms with Crippen LogP contribution in [0.25, 0.3) is 5.82 Å². The van der Waals surface area contributed by atoms with Crippen LogP contribution >= 0.6 is 0 Å². The molecule has 0 bridgehead atoms. The fourth-order valence-corrected chi connectivity index (χ4v) is 2.17. The van der Waals surface area contributed by atoms with Gasteiger partial charge in [-0.3, -0.25) is 9.59 Å². The van der Waals surface area contributed by atoms with Crippen LogP contribution < -0.4 is 15.4 Å². The highest BCUT2D eigenvalue weighted by atomic mass is 16.5. The minimum absolute atomic E-state index is 0.112. The molecule has 2 aromatic heterocycles. The topological polar surface area (TPSA) is 124 Å². The maximum Gasteiger partial charge on any atom is 0.276 e. The van der Waals surface area contributed by atoms with Crippen LogP contribution in [0.4, 0.5) is 11.4 Å². The number of nitrogens with one attached hydrogen (secondary N) is 2. The van der Waals surface area contributed by atoms with E-state index in [1.54, 1.807) is 24.3 Å². The van der Waals surface area contributed by atoms with E-state index < -0.39 is 5.91 Å². The van der Waals surface area contributed by atoms with E-state index in [0.29, 0.717) is 22.9 Å². The predicted octanol–water partition coefficient (Wildman–Crippen LogP) is 1.28. The van der Waals surface area contributed by atoms with Gasteiger partial charge < -0.3 is 15.4 Å². The van der Waals surface area contributed by atoms with E-state index in [4.69, 9.17) is 4.74 Å². The molecule has 0 saturated heterocycles. The molecule has 0 saturated carbocycles. The van der Waals surface area contributed by atoms with Crippen molar-refractivity contribution in [1.82, 2.24) is 25.0 Å². The van der Waals surface area contributed by atoms with Gasteiger partial charge in [0.05, 0.1) is 12.8 Å². The van der Waals surface area contributed by atoms with Gasteiger partial charge in [0.2, 0.25) is 5.91 Å². The van der Waals surface area contributed by atoms with Crippen molar-refractivity contribution in [2.75, 3.05) is 17.7 Å². The molecule has 2 heterocycles. The second-order valence-electron chi connectivity index (χ2n) is 5.17. The third-order valence-corrected chi connectivity index (χ3v) is 3.30. The summed E-state index contributed by atoms with van der Waals surface area (Å²) in [6, 6.07) is 8.02. The molecule has 26 heavy (non-hydrogen) atoms. The molecular formula is C16H15N7O3. The van der Waals surface area contributed by atoms with Gasteiger partial charge in [0.1, 0.15) is 18.4 Å². The van der Waals surface area contributed by atoms with Crippen molar-refractivity contribution < 1.29 is 14.3 Å². The zero-order valence-electron chi connectivity index (χ0n) is 14.0. The number of amides is 2. The van der Waals surface area contributed by atoms with Gasteiger partial charge in [-0.05, 0) is 30.3 Å². The Bertz CT molecular complexity index is 924. The fourth-order valence-electron chi connectivity index (χ4n) is 2.17. The molecule has 3 rings (SSSR count). The number of rotatable bonds is 5. The molecule has 0 aliphatic carbocycles. The number of carbonyl (C=O) groups excluding carboxylic acids is 2. The predicted molar refractivity (Wildman–Crippen MR) is 92.2 cm³/mol. The standard InChI is InChI=1S/C16H15N7O3/c1-10(24)19-11-3-5-14(26-2)13(7-11)20-16(25)12-4-6-15(22-21-12)23-9-17-8-18-23/h3-9H,1-2H3,(H,19,24)(H,20,25). The Balaban J connectivity index is 1.79. The number of benzene rings is 1. The van der Waals surface area contributed by atoms with E-state index in [1.165, 1.54) is 37.4 Å². The van der Waals surface area contributed by atoms with Crippen molar-refractivity contribution in [2.45, 2.75) is 6.92 Å². The van der Waals surface area contributed by atoms with Crippen LogP contribution in [0.5, 0.6) is 5.75 Å². The lowest BCUT2D eigenvalue weighted by molar-refractivity contribution is -0.114. The molecule has 1 aromatic carbocycles. The normalized spacial score (nSPS) is 10.2. The van der Waals surface area contributed by atoms with Crippen molar-refractivity contribution in [3.8, 4) is 11.6 Å². The summed E-state index contributed by atoms with van der Waals surface area (Å²) in [7, 11) is 1.48. The van der Waals surface area contributed by atoms with Crippen LogP contribution in [0.1, 0.15) is 17.4 Å². The first-order valence-corrected chi connectivity index (χ1v) is 7.52. The summed E-state index contributed by atoms with van der Waals surface area (Å²) in [5.41, 5.74) is 1.04. The molecule has 10 heteroatoms. The second kappa shape index (κ2) is 7.38. The van der Waals surface area contributed by atoms with E-state index in [9.17, 15) is 9.59 Å². The highest BCUT2D eigenvalue weighted by molar-refractivity contribution is 6.04. The van der Waals surface area contributed by atoms with Gasteiger partial charge in [0.15, 0.2) is 11.5 Å². The number of carbonyl (C=O) groups is 2. The molecule has 2 amide bonds. The maximum atomic E-state index is 12.4. The van der Waals surface area contributed by atoms with Gasteiger partial charge >= 0.3 is 0 Å². The van der Waals surface area contributed by atoms with Crippen LogP contribution in [0.15, 0.2) is 43.0 Å². The number of aromatic nitrogens is 5. The zero-order valence-corrected chi connectivity index (χ0v) is 14.0. The van der Waals surface area contributed by atoms with Gasteiger partial charge in [-0.15, -0.1) is 10.2 Å². The van der Waals surface area contributed by atoms with E-state index in [2.05, 4.69) is 30.9 Å². The maximum absolute atomic E-state index is 12.4. The molecule has 0 fully saturated rings. The SMILES string of the molecule is COc1ccc(NC(C)=O)cc1NC(=O)c1ccc(-n2cncn2)nn1. The number of nitrogens with zero attached hydrogens (tertiary/aromatic N) is 5. The van der Waals surface area contributed by atoms with Crippen molar-refractivity contribution in [1.29, 1.82) is 0 Å². The number of methoxy groups -OCH3 is 1. The Morgan fingerprint density at radius 2 is 1.96 bits per heavy atom. The molecule has 132 valence electrons. The minimum atomic E-state index is -0.471. The summed E-state index contributed by atoms with van der Waals surface area (Å²) in [4.78, 5) is 27.4. The van der Waals surface area contributed by atoms with Crippen LogP contribution in [0.2, 0.25) is 0 Å². The van der Waals surface area contributed by atoms with Gasteiger partial charge in [-0.25, -0.2) is 9.67 Å². The monoisotopic (exact) mass is 353 g/mol. The van der Waals surface area contributed by atoms with Crippen molar-refractivity contribution >= 4 is 23.2 Å². The minimum Gasteiger partial charge on any atom is -0.495 e. The molecule has 10 nitrogen and oxygen atoms in total. The van der Waals surface area contributed by atoms with Crippen LogP contribution in [-0.2, 0) is 4.79 Å². The number of hydrogen-bond donors (Lipinski definition) is 2. The van der Waals surface area contributed by atoms with Gasteiger partial charge in [-0.1, -0.05) is 0 Å². The summed E-state index contributed by atoms with van der Waals surface area (Å²) in [6.45, 7) is 1.40. The number of hydrogen-bond acceptors (Lipinski definition) is 7. The summed E-state index contributed by atoms with van der Waals surface area (Å²) < 4.78 is 6.65. The Morgan fingerprint density at radius 3 is 2.58 bits per heavy atom. The van der Waals surface area contributed by atoms with Crippen LogP contribution in [0.3, 0.4) is 0 Å². The molecule has 0 spiro atoms. The molecule has 0 aliphatic rings. The summed E-state index contributed by atoms with van der Waals surface area (Å²) in [6.07, 6.45) is 2.85. The Labute approximate surface area is 148 Å².